The van der Waals surface area contributed by atoms with E-state index in [0.717, 1.165) is 6.07 Å². The molecule has 0 aliphatic heterocycles. The second-order valence-corrected chi connectivity index (χ2v) is 6.95. The van der Waals surface area contributed by atoms with Gasteiger partial charge in [0.2, 0.25) is 10.0 Å². The molecule has 0 aliphatic rings. The van der Waals surface area contributed by atoms with Crippen molar-refractivity contribution in [2.45, 2.75) is 11.8 Å². The maximum atomic E-state index is 13.4. The third-order valence-corrected chi connectivity index (χ3v) is 5.52. The molecule has 1 aromatic carbocycles. The first kappa shape index (κ1) is 16.2. The third kappa shape index (κ3) is 3.81. The van der Waals surface area contributed by atoms with Gasteiger partial charge in [0.25, 0.3) is 0 Å². The Balaban J connectivity index is 3.03. The van der Waals surface area contributed by atoms with Crippen LogP contribution in [0.1, 0.15) is 6.92 Å². The summed E-state index contributed by atoms with van der Waals surface area (Å²) in [5, 5.41) is -0.0626. The highest BCUT2D eigenvalue weighted by molar-refractivity contribution is 9.09. The highest BCUT2D eigenvalue weighted by Gasteiger charge is 2.22. The van der Waals surface area contributed by atoms with Gasteiger partial charge in [0, 0.05) is 11.9 Å². The summed E-state index contributed by atoms with van der Waals surface area (Å²) in [4.78, 5) is -0.312. The van der Waals surface area contributed by atoms with Crippen molar-refractivity contribution >= 4 is 49.2 Å². The third-order valence-electron chi connectivity index (χ3n) is 2.17. The Kier molecular flexibility index (Phi) is 5.86. The van der Waals surface area contributed by atoms with Gasteiger partial charge in [0.05, 0.1) is 10.0 Å². The number of halogens is 4. The molecular formula is C10H11BrCl2FNO2S. The number of benzene rings is 1. The molecule has 1 N–H and O–H groups in total. The molecule has 0 bridgehead atoms. The first-order valence-electron chi connectivity index (χ1n) is 4.98. The van der Waals surface area contributed by atoms with Crippen molar-refractivity contribution in [2.24, 2.45) is 5.92 Å². The summed E-state index contributed by atoms with van der Waals surface area (Å²) in [5.74, 6) is -0.828. The zero-order valence-electron chi connectivity index (χ0n) is 9.38. The van der Waals surface area contributed by atoms with E-state index in [1.165, 1.54) is 6.07 Å². The quantitative estimate of drug-likeness (QED) is 0.630. The van der Waals surface area contributed by atoms with E-state index in [4.69, 9.17) is 23.2 Å². The number of alkyl halides is 1. The predicted molar refractivity (Wildman–Crippen MR) is 74.6 cm³/mol. The SMILES string of the molecule is CC(CBr)CNS(=O)(=O)c1ccc(Cl)c(F)c1Cl. The molecule has 1 aromatic rings. The predicted octanol–water partition coefficient (Wildman–Crippen LogP) is 3.44. The molecule has 0 radical (unpaired) electrons. The molecule has 0 heterocycles. The maximum absolute atomic E-state index is 13.4. The number of hydrogen-bond donors (Lipinski definition) is 1. The summed E-state index contributed by atoms with van der Waals surface area (Å²) in [5.41, 5.74) is 0. The number of nitrogens with one attached hydrogen (secondary N) is 1. The molecule has 0 aromatic heterocycles. The second-order valence-electron chi connectivity index (χ2n) is 3.78. The van der Waals surface area contributed by atoms with Gasteiger partial charge in [0.1, 0.15) is 4.90 Å². The lowest BCUT2D eigenvalue weighted by Gasteiger charge is -2.12. The molecule has 18 heavy (non-hydrogen) atoms. The lowest BCUT2D eigenvalue weighted by molar-refractivity contribution is 0.561. The normalized spacial score (nSPS) is 13.6. The molecule has 3 nitrogen and oxygen atoms in total. The standard InChI is InChI=1S/C10H11BrCl2FNO2S/c1-6(4-11)5-15-18(16,17)8-3-2-7(12)10(14)9(8)13/h2-3,6,15H,4-5H2,1H3. The Morgan fingerprint density at radius 3 is 2.61 bits per heavy atom. The van der Waals surface area contributed by atoms with Crippen molar-refractivity contribution in [2.75, 3.05) is 11.9 Å². The molecule has 0 saturated heterocycles. The van der Waals surface area contributed by atoms with Crippen LogP contribution in [0, 0.1) is 11.7 Å². The van der Waals surface area contributed by atoms with Crippen molar-refractivity contribution in [1.82, 2.24) is 4.72 Å². The van der Waals surface area contributed by atoms with Crippen LogP contribution in [0.2, 0.25) is 10.0 Å². The van der Waals surface area contributed by atoms with Crippen LogP contribution >= 0.6 is 39.1 Å². The zero-order valence-corrected chi connectivity index (χ0v) is 13.3. The Bertz CT molecular complexity index is 539. The molecule has 0 spiro atoms. The molecular weight excluding hydrogens is 368 g/mol. The Labute approximate surface area is 124 Å². The largest absolute Gasteiger partial charge is 0.242 e. The van der Waals surface area contributed by atoms with Gasteiger partial charge in [-0.3, -0.25) is 0 Å². The minimum atomic E-state index is -3.84. The zero-order chi connectivity index (χ0) is 13.9. The van der Waals surface area contributed by atoms with E-state index >= 15 is 0 Å². The van der Waals surface area contributed by atoms with Crippen LogP contribution in [-0.4, -0.2) is 20.3 Å². The lowest BCUT2D eigenvalue weighted by atomic mass is 10.2. The molecule has 0 amide bonds. The van der Waals surface area contributed by atoms with E-state index < -0.39 is 20.9 Å². The van der Waals surface area contributed by atoms with E-state index in [-0.39, 0.29) is 22.4 Å². The van der Waals surface area contributed by atoms with Gasteiger partial charge in [0.15, 0.2) is 5.82 Å². The van der Waals surface area contributed by atoms with Crippen molar-refractivity contribution in [3.63, 3.8) is 0 Å². The fraction of sp³-hybridized carbons (Fsp3) is 0.400. The summed E-state index contributed by atoms with van der Waals surface area (Å²) < 4.78 is 39.6. The van der Waals surface area contributed by atoms with Crippen LogP contribution < -0.4 is 4.72 Å². The molecule has 0 saturated carbocycles. The van der Waals surface area contributed by atoms with Crippen LogP contribution in [0.3, 0.4) is 0 Å². The molecule has 8 heteroatoms. The summed E-state index contributed by atoms with van der Waals surface area (Å²) in [7, 11) is -3.84. The minimum absolute atomic E-state index is 0.107. The Morgan fingerprint density at radius 1 is 1.44 bits per heavy atom. The van der Waals surface area contributed by atoms with E-state index in [1.54, 1.807) is 0 Å². The van der Waals surface area contributed by atoms with Gasteiger partial charge in [-0.25, -0.2) is 17.5 Å². The van der Waals surface area contributed by atoms with Crippen molar-refractivity contribution in [3.8, 4) is 0 Å². The van der Waals surface area contributed by atoms with Crippen LogP contribution in [0.25, 0.3) is 0 Å². The highest BCUT2D eigenvalue weighted by Crippen LogP contribution is 2.29. The highest BCUT2D eigenvalue weighted by atomic mass is 79.9. The van der Waals surface area contributed by atoms with E-state index in [2.05, 4.69) is 20.7 Å². The van der Waals surface area contributed by atoms with Gasteiger partial charge in [-0.05, 0) is 18.1 Å². The van der Waals surface area contributed by atoms with Crippen molar-refractivity contribution in [3.05, 3.63) is 28.0 Å². The van der Waals surface area contributed by atoms with Gasteiger partial charge in [-0.1, -0.05) is 46.1 Å². The topological polar surface area (TPSA) is 46.2 Å². The van der Waals surface area contributed by atoms with Crippen molar-refractivity contribution in [1.29, 1.82) is 0 Å². The average Bonchev–Trinajstić information content (AvgIpc) is 2.32. The molecule has 1 atom stereocenters. The maximum Gasteiger partial charge on any atom is 0.242 e. The summed E-state index contributed by atoms with van der Waals surface area (Å²) in [6.07, 6.45) is 0. The summed E-state index contributed by atoms with van der Waals surface area (Å²) in [6.45, 7) is 2.09. The van der Waals surface area contributed by atoms with Crippen molar-refractivity contribution < 1.29 is 12.8 Å². The first-order valence-corrected chi connectivity index (χ1v) is 8.34. The smallest absolute Gasteiger partial charge is 0.211 e. The molecule has 1 unspecified atom stereocenters. The summed E-state index contributed by atoms with van der Waals surface area (Å²) in [6, 6.07) is 2.33. The molecule has 0 aliphatic carbocycles. The lowest BCUT2D eigenvalue weighted by Crippen LogP contribution is -2.29. The molecule has 102 valence electrons. The fourth-order valence-electron chi connectivity index (χ4n) is 1.10. The van der Waals surface area contributed by atoms with E-state index in [9.17, 15) is 12.8 Å². The van der Waals surface area contributed by atoms with Crippen LogP contribution in [0.4, 0.5) is 4.39 Å². The average molecular weight is 379 g/mol. The van der Waals surface area contributed by atoms with Gasteiger partial charge < -0.3 is 0 Å². The second kappa shape index (κ2) is 6.52. The number of sulfonamides is 1. The Hall–Kier alpha value is 0.120. The van der Waals surface area contributed by atoms with Crippen LogP contribution in [-0.2, 0) is 10.0 Å². The number of rotatable bonds is 5. The van der Waals surface area contributed by atoms with Crippen LogP contribution in [0.5, 0.6) is 0 Å². The number of hydrogen-bond acceptors (Lipinski definition) is 2. The molecule has 1 rings (SSSR count). The monoisotopic (exact) mass is 377 g/mol. The fourth-order valence-corrected chi connectivity index (χ4v) is 3.24. The van der Waals surface area contributed by atoms with Gasteiger partial charge in [-0.15, -0.1) is 0 Å². The van der Waals surface area contributed by atoms with Crippen LogP contribution in [0.15, 0.2) is 17.0 Å². The Morgan fingerprint density at radius 2 is 2.06 bits per heavy atom. The van der Waals surface area contributed by atoms with E-state index in [1.807, 2.05) is 6.92 Å². The summed E-state index contributed by atoms with van der Waals surface area (Å²) >= 11 is 14.4. The first-order chi connectivity index (χ1) is 8.29. The molecule has 0 fully saturated rings. The van der Waals surface area contributed by atoms with Gasteiger partial charge in [-0.2, -0.15) is 0 Å². The minimum Gasteiger partial charge on any atom is -0.211 e. The van der Waals surface area contributed by atoms with Gasteiger partial charge >= 0.3 is 0 Å². The van der Waals surface area contributed by atoms with E-state index in [0.29, 0.717) is 5.33 Å².